The van der Waals surface area contributed by atoms with Crippen LogP contribution in [0, 0.1) is 0 Å². The van der Waals surface area contributed by atoms with Crippen LogP contribution in [0.1, 0.15) is 0 Å². The highest BCUT2D eigenvalue weighted by molar-refractivity contribution is 8.77. The number of alkyl halides is 16. The Hall–Kier alpha value is -0.660. The van der Waals surface area contributed by atoms with E-state index in [4.69, 9.17) is 9.47 Å². The molecule has 0 saturated carbocycles. The molecule has 0 spiro atoms. The lowest BCUT2D eigenvalue weighted by atomic mass is 10.1. The van der Waals surface area contributed by atoms with Gasteiger partial charge in [-0.1, -0.05) is 21.6 Å². The van der Waals surface area contributed by atoms with E-state index in [0.717, 1.165) is 21.6 Å². The van der Waals surface area contributed by atoms with Gasteiger partial charge < -0.3 is 18.9 Å². The number of ether oxygens (including phenoxy) is 4. The lowest BCUT2D eigenvalue weighted by Crippen LogP contribution is -2.59. The lowest BCUT2D eigenvalue weighted by Gasteiger charge is -2.34. The van der Waals surface area contributed by atoms with Crippen molar-refractivity contribution in [2.24, 2.45) is 0 Å². The van der Waals surface area contributed by atoms with Crippen molar-refractivity contribution in [3.8, 4) is 0 Å². The molecule has 0 amide bonds. The summed E-state index contributed by atoms with van der Waals surface area (Å²) in [5.41, 5.74) is 0. The van der Waals surface area contributed by atoms with Gasteiger partial charge in [0.1, 0.15) is 13.2 Å². The van der Waals surface area contributed by atoms with E-state index in [-0.39, 0.29) is 65.7 Å². The SMILES string of the molecule is FC(F)C(F)(F)C(F)(F)C(F)(F)COCC(CN1CCOCC1)SSC(COCC(F)(F)C(F)(F)C(F)(F)C(F)F)CN1CCOCC1. The Labute approximate surface area is 271 Å². The minimum absolute atomic E-state index is 0.0473. The fourth-order valence-electron chi connectivity index (χ4n) is 4.10. The molecule has 0 N–H and O–H groups in total. The van der Waals surface area contributed by atoms with Gasteiger partial charge in [0, 0.05) is 39.3 Å². The average molecular weight is 781 g/mol. The van der Waals surface area contributed by atoms with E-state index in [1.165, 1.54) is 0 Å². The molecule has 286 valence electrons. The third-order valence-corrected chi connectivity index (χ3v) is 10.1. The standard InChI is InChI=1S/C24H32F16N2O4S2/c25-17(26)21(33,34)23(37,38)19(29,30)13-45-11-15(9-41-1-5-43-6-2-41)47-48-16(10-42-3-7-44-8-4-42)12-46-14-20(31,32)24(39,40)22(35,36)18(27)28/h15-18H,1-14H2. The Morgan fingerprint density at radius 1 is 0.521 bits per heavy atom. The molecule has 48 heavy (non-hydrogen) atoms. The van der Waals surface area contributed by atoms with Crippen LogP contribution in [0.5, 0.6) is 0 Å². The largest absolute Gasteiger partial charge is 0.380 e. The first-order valence-electron chi connectivity index (χ1n) is 13.9. The van der Waals surface area contributed by atoms with Crippen LogP contribution >= 0.6 is 21.6 Å². The molecule has 2 fully saturated rings. The van der Waals surface area contributed by atoms with Gasteiger partial charge in [0.05, 0.1) is 50.1 Å². The smallest absolute Gasteiger partial charge is 0.379 e. The van der Waals surface area contributed by atoms with Crippen molar-refractivity contribution in [1.82, 2.24) is 9.80 Å². The predicted molar refractivity (Wildman–Crippen MR) is 141 cm³/mol. The summed E-state index contributed by atoms with van der Waals surface area (Å²) in [5.74, 6) is -37.3. The zero-order chi connectivity index (χ0) is 36.6. The van der Waals surface area contributed by atoms with E-state index >= 15 is 0 Å². The van der Waals surface area contributed by atoms with Crippen molar-refractivity contribution < 1.29 is 89.2 Å². The van der Waals surface area contributed by atoms with E-state index in [2.05, 4.69) is 9.47 Å². The quantitative estimate of drug-likeness (QED) is 0.102. The van der Waals surface area contributed by atoms with Crippen molar-refractivity contribution in [3.63, 3.8) is 0 Å². The third-order valence-electron chi connectivity index (χ3n) is 6.94. The van der Waals surface area contributed by atoms with E-state index in [1.54, 1.807) is 9.80 Å². The predicted octanol–water partition coefficient (Wildman–Crippen LogP) is 6.14. The van der Waals surface area contributed by atoms with Crippen LogP contribution in [-0.4, -0.2) is 161 Å². The van der Waals surface area contributed by atoms with Crippen LogP contribution in [0.15, 0.2) is 0 Å². The summed E-state index contributed by atoms with van der Waals surface area (Å²) in [6, 6.07) is 0. The Morgan fingerprint density at radius 2 is 0.812 bits per heavy atom. The van der Waals surface area contributed by atoms with Crippen LogP contribution in [-0.2, 0) is 18.9 Å². The van der Waals surface area contributed by atoms with E-state index in [9.17, 15) is 70.2 Å². The molecule has 0 radical (unpaired) electrons. The molecule has 0 aliphatic carbocycles. The van der Waals surface area contributed by atoms with E-state index in [1.807, 2.05) is 0 Å². The highest BCUT2D eigenvalue weighted by atomic mass is 33.1. The molecule has 2 saturated heterocycles. The highest BCUT2D eigenvalue weighted by Crippen LogP contribution is 2.50. The molecule has 2 rings (SSSR count). The molecule has 0 aromatic carbocycles. The van der Waals surface area contributed by atoms with Gasteiger partial charge in [-0.15, -0.1) is 0 Å². The second-order valence-electron chi connectivity index (χ2n) is 10.7. The zero-order valence-corrected chi connectivity index (χ0v) is 26.2. The van der Waals surface area contributed by atoms with Crippen molar-refractivity contribution >= 4 is 21.6 Å². The number of halogens is 16. The first-order chi connectivity index (χ1) is 22.0. The fourth-order valence-corrected chi connectivity index (χ4v) is 6.90. The van der Waals surface area contributed by atoms with Gasteiger partial charge >= 0.3 is 48.4 Å². The summed E-state index contributed by atoms with van der Waals surface area (Å²) in [6.45, 7) is -4.63. The summed E-state index contributed by atoms with van der Waals surface area (Å²) in [7, 11) is 1.54. The van der Waals surface area contributed by atoms with Crippen LogP contribution in [0.25, 0.3) is 0 Å². The summed E-state index contributed by atoms with van der Waals surface area (Å²) in [6.07, 6.45) is -10.3. The molecule has 0 aromatic rings. The summed E-state index contributed by atoms with van der Waals surface area (Å²) >= 11 is 0. The number of hydrogen-bond acceptors (Lipinski definition) is 8. The minimum atomic E-state index is -6.51. The molecule has 2 atom stereocenters. The Kier molecular flexibility index (Phi) is 16.1. The zero-order valence-electron chi connectivity index (χ0n) is 24.6. The maximum absolute atomic E-state index is 14.0. The van der Waals surface area contributed by atoms with Crippen molar-refractivity contribution in [2.45, 2.75) is 58.9 Å². The van der Waals surface area contributed by atoms with Gasteiger partial charge in [-0.3, -0.25) is 9.80 Å². The molecule has 2 aliphatic heterocycles. The number of rotatable bonds is 21. The molecule has 6 nitrogen and oxygen atoms in total. The van der Waals surface area contributed by atoms with E-state index < -0.39 is 85.3 Å². The molecule has 2 aliphatic rings. The van der Waals surface area contributed by atoms with Gasteiger partial charge in [-0.2, -0.15) is 52.7 Å². The highest BCUT2D eigenvalue weighted by Gasteiger charge is 2.76. The van der Waals surface area contributed by atoms with Crippen molar-refractivity contribution in [1.29, 1.82) is 0 Å². The fraction of sp³-hybridized carbons (Fsp3) is 1.00. The Balaban J connectivity index is 2.14. The monoisotopic (exact) mass is 780 g/mol. The van der Waals surface area contributed by atoms with Gasteiger partial charge in [0.2, 0.25) is 0 Å². The van der Waals surface area contributed by atoms with Gasteiger partial charge in [0.15, 0.2) is 0 Å². The van der Waals surface area contributed by atoms with Crippen LogP contribution < -0.4 is 0 Å². The van der Waals surface area contributed by atoms with Gasteiger partial charge in [-0.25, -0.2) is 17.6 Å². The van der Waals surface area contributed by atoms with Crippen LogP contribution in [0.3, 0.4) is 0 Å². The summed E-state index contributed by atoms with van der Waals surface area (Å²) in [5, 5.41) is -1.98. The molecular formula is C24H32F16N2O4S2. The van der Waals surface area contributed by atoms with Crippen molar-refractivity contribution in [2.75, 3.05) is 92.1 Å². The third kappa shape index (κ3) is 10.9. The van der Waals surface area contributed by atoms with Gasteiger partial charge in [0.25, 0.3) is 0 Å². The molecule has 0 bridgehead atoms. The Morgan fingerprint density at radius 3 is 1.08 bits per heavy atom. The topological polar surface area (TPSA) is 43.4 Å². The average Bonchev–Trinajstić information content (AvgIpc) is 2.99. The maximum Gasteiger partial charge on any atom is 0.380 e. The summed E-state index contributed by atoms with van der Waals surface area (Å²) in [4.78, 5) is 3.39. The molecule has 0 aromatic heterocycles. The second-order valence-corrected chi connectivity index (χ2v) is 13.6. The van der Waals surface area contributed by atoms with Gasteiger partial charge in [-0.05, 0) is 0 Å². The lowest BCUT2D eigenvalue weighted by molar-refractivity contribution is -0.345. The number of morpholine rings is 2. The normalized spacial score (nSPS) is 20.1. The molecular weight excluding hydrogens is 748 g/mol. The van der Waals surface area contributed by atoms with Crippen LogP contribution in [0.4, 0.5) is 70.2 Å². The second kappa shape index (κ2) is 17.7. The molecule has 24 heteroatoms. The minimum Gasteiger partial charge on any atom is -0.379 e. The van der Waals surface area contributed by atoms with E-state index in [0.29, 0.717) is 0 Å². The first kappa shape index (κ1) is 43.5. The summed E-state index contributed by atoms with van der Waals surface area (Å²) < 4.78 is 233. The number of hydrogen-bond donors (Lipinski definition) is 0. The first-order valence-corrected chi connectivity index (χ1v) is 16.2. The maximum atomic E-state index is 14.0. The molecule has 2 unspecified atom stereocenters. The van der Waals surface area contributed by atoms with Crippen molar-refractivity contribution in [3.05, 3.63) is 0 Å². The Bertz CT molecular complexity index is 887. The molecule has 2 heterocycles. The number of nitrogens with zero attached hydrogens (tertiary/aromatic N) is 2. The van der Waals surface area contributed by atoms with Crippen LogP contribution in [0.2, 0.25) is 0 Å².